The zero-order valence-electron chi connectivity index (χ0n) is 20.1. The lowest BCUT2D eigenvalue weighted by Crippen LogP contribution is -2.48. The predicted octanol–water partition coefficient (Wildman–Crippen LogP) is 4.89. The summed E-state index contributed by atoms with van der Waals surface area (Å²) in [5.41, 5.74) is -3.41. The first-order chi connectivity index (χ1) is 18.3. The summed E-state index contributed by atoms with van der Waals surface area (Å²) in [5.74, 6) is -1.87. The topological polar surface area (TPSA) is 102 Å². The van der Waals surface area contributed by atoms with Crippen molar-refractivity contribution >= 4 is 11.8 Å². The summed E-state index contributed by atoms with van der Waals surface area (Å²) in [4.78, 5) is 32.7. The van der Waals surface area contributed by atoms with Gasteiger partial charge in [0.1, 0.15) is 28.4 Å². The number of nitrogens with one attached hydrogen (secondary N) is 2. The van der Waals surface area contributed by atoms with Gasteiger partial charge in [0.25, 0.3) is 5.91 Å². The van der Waals surface area contributed by atoms with Gasteiger partial charge in [0.2, 0.25) is 5.91 Å². The second kappa shape index (κ2) is 10.4. The van der Waals surface area contributed by atoms with Gasteiger partial charge in [-0.1, -0.05) is 0 Å². The fraction of sp³-hybridized carbons (Fsp3) is 0.280. The summed E-state index contributed by atoms with van der Waals surface area (Å²) < 4.78 is 89.0. The van der Waals surface area contributed by atoms with Gasteiger partial charge in [-0.05, 0) is 49.2 Å². The van der Waals surface area contributed by atoms with Gasteiger partial charge in [-0.25, -0.2) is 0 Å². The molecule has 2 heterocycles. The van der Waals surface area contributed by atoms with Gasteiger partial charge in [-0.3, -0.25) is 19.6 Å². The largest absolute Gasteiger partial charge is 0.497 e. The van der Waals surface area contributed by atoms with Crippen LogP contribution >= 0.6 is 0 Å². The average Bonchev–Trinajstić information content (AvgIpc) is 3.68. The van der Waals surface area contributed by atoms with Crippen molar-refractivity contribution in [3.63, 3.8) is 0 Å². The van der Waals surface area contributed by atoms with Crippen LogP contribution in [0, 0.1) is 0 Å². The standard InChI is InChI=1S/C25H20F6N4O4/c1-38-17-4-5-20(19(9-17)25(29,30)31)39-18-3-2-16(33-13-18)12-34-22(37)23(6-7-23)35-21(36)14-8-15(11-32-10-14)24(26,27)28/h2-5,8-11,13H,6-7,12H2,1H3,(H,34,37)(H,35,36). The van der Waals surface area contributed by atoms with Crippen LogP contribution in [0.15, 0.2) is 55.0 Å². The summed E-state index contributed by atoms with van der Waals surface area (Å²) in [6.45, 7) is -0.0851. The molecule has 1 aromatic carbocycles. The molecule has 1 saturated carbocycles. The maximum atomic E-state index is 13.4. The minimum atomic E-state index is -4.69. The summed E-state index contributed by atoms with van der Waals surface area (Å²) >= 11 is 0. The number of nitrogens with zero attached hydrogens (tertiary/aromatic N) is 2. The van der Waals surface area contributed by atoms with Crippen molar-refractivity contribution in [2.75, 3.05) is 7.11 Å². The van der Waals surface area contributed by atoms with Crippen molar-refractivity contribution in [3.8, 4) is 17.2 Å². The summed E-state index contributed by atoms with van der Waals surface area (Å²) in [6.07, 6.45) is -6.07. The first kappa shape index (κ1) is 27.7. The lowest BCUT2D eigenvalue weighted by molar-refractivity contribution is -0.139. The summed E-state index contributed by atoms with van der Waals surface area (Å²) in [5, 5.41) is 5.05. The molecule has 4 rings (SSSR count). The van der Waals surface area contributed by atoms with E-state index in [0.29, 0.717) is 18.0 Å². The Bertz CT molecular complexity index is 1370. The number of pyridine rings is 2. The molecular formula is C25H20F6N4O4. The molecule has 2 amide bonds. The van der Waals surface area contributed by atoms with Crippen LogP contribution in [0.1, 0.15) is 40.0 Å². The number of benzene rings is 1. The van der Waals surface area contributed by atoms with E-state index in [4.69, 9.17) is 9.47 Å². The van der Waals surface area contributed by atoms with E-state index in [2.05, 4.69) is 20.6 Å². The fourth-order valence-corrected chi connectivity index (χ4v) is 3.53. The van der Waals surface area contributed by atoms with Crippen LogP contribution in [-0.4, -0.2) is 34.4 Å². The van der Waals surface area contributed by atoms with Crippen molar-refractivity contribution in [3.05, 3.63) is 77.4 Å². The molecule has 0 unspecified atom stereocenters. The van der Waals surface area contributed by atoms with Crippen molar-refractivity contribution < 1.29 is 45.4 Å². The predicted molar refractivity (Wildman–Crippen MR) is 123 cm³/mol. The maximum Gasteiger partial charge on any atom is 0.420 e. The lowest BCUT2D eigenvalue weighted by Gasteiger charge is -2.18. The van der Waals surface area contributed by atoms with Crippen LogP contribution in [-0.2, 0) is 23.7 Å². The number of carbonyl (C=O) groups excluding carboxylic acids is 2. The quantitative estimate of drug-likeness (QED) is 0.385. The Morgan fingerprint density at radius 3 is 2.26 bits per heavy atom. The van der Waals surface area contributed by atoms with Crippen LogP contribution in [0.4, 0.5) is 26.3 Å². The van der Waals surface area contributed by atoms with E-state index >= 15 is 0 Å². The van der Waals surface area contributed by atoms with Gasteiger partial charge < -0.3 is 20.1 Å². The van der Waals surface area contributed by atoms with Gasteiger partial charge in [-0.2, -0.15) is 26.3 Å². The van der Waals surface area contributed by atoms with Crippen molar-refractivity contribution in [2.24, 2.45) is 0 Å². The molecule has 0 bridgehead atoms. The monoisotopic (exact) mass is 554 g/mol. The molecule has 0 aliphatic heterocycles. The maximum absolute atomic E-state index is 13.4. The van der Waals surface area contributed by atoms with Crippen molar-refractivity contribution in [2.45, 2.75) is 37.3 Å². The summed E-state index contributed by atoms with van der Waals surface area (Å²) in [7, 11) is 1.24. The third kappa shape index (κ3) is 6.56. The number of ether oxygens (including phenoxy) is 2. The minimum Gasteiger partial charge on any atom is -0.497 e. The molecule has 8 nitrogen and oxygen atoms in total. The highest BCUT2D eigenvalue weighted by Crippen LogP contribution is 2.40. The second-order valence-electron chi connectivity index (χ2n) is 8.63. The van der Waals surface area contributed by atoms with Crippen molar-refractivity contribution in [1.82, 2.24) is 20.6 Å². The van der Waals surface area contributed by atoms with Crippen LogP contribution in [0.5, 0.6) is 17.2 Å². The molecule has 1 fully saturated rings. The van der Waals surface area contributed by atoms with E-state index in [9.17, 15) is 35.9 Å². The highest BCUT2D eigenvalue weighted by Gasteiger charge is 2.51. The number of hydrogen-bond acceptors (Lipinski definition) is 6. The van der Waals surface area contributed by atoms with Gasteiger partial charge in [0, 0.05) is 12.4 Å². The molecular weight excluding hydrogens is 534 g/mol. The zero-order valence-corrected chi connectivity index (χ0v) is 20.1. The molecule has 39 heavy (non-hydrogen) atoms. The van der Waals surface area contributed by atoms with Crippen LogP contribution in [0.25, 0.3) is 0 Å². The number of aromatic nitrogens is 2. The van der Waals surface area contributed by atoms with E-state index < -0.39 is 46.6 Å². The van der Waals surface area contributed by atoms with E-state index in [1.807, 2.05) is 0 Å². The normalized spacial score (nSPS) is 14.3. The third-order valence-electron chi connectivity index (χ3n) is 5.81. The Morgan fingerprint density at radius 1 is 0.949 bits per heavy atom. The highest BCUT2D eigenvalue weighted by molar-refractivity contribution is 6.00. The molecule has 14 heteroatoms. The molecule has 206 valence electrons. The molecule has 0 radical (unpaired) electrons. The Balaban J connectivity index is 1.36. The van der Waals surface area contributed by atoms with Gasteiger partial charge in [-0.15, -0.1) is 0 Å². The number of halogens is 6. The number of methoxy groups -OCH3 is 1. The first-order valence-electron chi connectivity index (χ1n) is 11.3. The number of rotatable bonds is 8. The summed E-state index contributed by atoms with van der Waals surface area (Å²) in [6, 6.07) is 6.69. The molecule has 1 aliphatic carbocycles. The van der Waals surface area contributed by atoms with E-state index in [0.717, 1.165) is 18.3 Å². The smallest absolute Gasteiger partial charge is 0.420 e. The molecule has 2 aromatic heterocycles. The molecule has 0 spiro atoms. The lowest BCUT2D eigenvalue weighted by atomic mass is 10.1. The molecule has 2 N–H and O–H groups in total. The highest BCUT2D eigenvalue weighted by atomic mass is 19.4. The van der Waals surface area contributed by atoms with E-state index in [-0.39, 0.29) is 36.4 Å². The average molecular weight is 554 g/mol. The number of amides is 2. The Labute approximate surface area is 217 Å². The molecule has 0 saturated heterocycles. The van der Waals surface area contributed by atoms with Crippen LogP contribution < -0.4 is 20.1 Å². The van der Waals surface area contributed by atoms with Gasteiger partial charge in [0.05, 0.1) is 36.7 Å². The Kier molecular flexibility index (Phi) is 7.39. The number of hydrogen-bond donors (Lipinski definition) is 2. The minimum absolute atomic E-state index is 0.00927. The molecule has 3 aromatic rings. The van der Waals surface area contributed by atoms with Crippen molar-refractivity contribution in [1.29, 1.82) is 0 Å². The third-order valence-corrected chi connectivity index (χ3v) is 5.81. The SMILES string of the molecule is COc1ccc(Oc2ccc(CNC(=O)C3(NC(=O)c4cncc(C(F)(F)F)c4)CC3)nc2)c(C(F)(F)F)c1. The number of carbonyl (C=O) groups is 2. The molecule has 1 aliphatic rings. The number of alkyl halides is 6. The van der Waals surface area contributed by atoms with Crippen LogP contribution in [0.3, 0.4) is 0 Å². The van der Waals surface area contributed by atoms with E-state index in [1.165, 1.54) is 31.5 Å². The Morgan fingerprint density at radius 2 is 1.67 bits per heavy atom. The second-order valence-corrected chi connectivity index (χ2v) is 8.63. The van der Waals surface area contributed by atoms with E-state index in [1.54, 1.807) is 0 Å². The van der Waals surface area contributed by atoms with Crippen LogP contribution in [0.2, 0.25) is 0 Å². The first-order valence-corrected chi connectivity index (χ1v) is 11.3. The van der Waals surface area contributed by atoms with Gasteiger partial charge >= 0.3 is 12.4 Å². The zero-order chi connectivity index (χ0) is 28.4. The fourth-order valence-electron chi connectivity index (χ4n) is 3.53. The Hall–Kier alpha value is -4.36. The van der Waals surface area contributed by atoms with Gasteiger partial charge in [0.15, 0.2) is 0 Å². The molecule has 0 atom stereocenters.